The van der Waals surface area contributed by atoms with Gasteiger partial charge in [0.15, 0.2) is 0 Å². The average Bonchev–Trinajstić information content (AvgIpc) is 3.38. The van der Waals surface area contributed by atoms with E-state index in [1.165, 1.54) is 11.1 Å². The molecule has 2 saturated carbocycles. The van der Waals surface area contributed by atoms with E-state index in [-0.39, 0.29) is 17.6 Å². The smallest absolute Gasteiger partial charge is 0.407 e. The molecule has 5 heteroatoms. The van der Waals surface area contributed by atoms with Crippen LogP contribution < -0.4 is 10.1 Å². The number of alkyl carbamates (subject to hydrolysis) is 1. The topological polar surface area (TPSA) is 47.6 Å². The van der Waals surface area contributed by atoms with Gasteiger partial charge >= 0.3 is 6.09 Å². The first kappa shape index (κ1) is 19.8. The Morgan fingerprint density at radius 1 is 1.37 bits per heavy atom. The van der Waals surface area contributed by atoms with Gasteiger partial charge in [-0.3, -0.25) is 0 Å². The molecule has 4 nitrogen and oxygen atoms in total. The Bertz CT molecular complexity index is 773. The monoisotopic (exact) mass is 389 g/mol. The van der Waals surface area contributed by atoms with Gasteiger partial charge in [0.25, 0.3) is 0 Å². The number of amides is 1. The van der Waals surface area contributed by atoms with Gasteiger partial charge in [-0.25, -0.2) is 4.79 Å². The fraction of sp³-hybridized carbons (Fsp3) is 0.500. The summed E-state index contributed by atoms with van der Waals surface area (Å²) < 4.78 is 10.6. The summed E-state index contributed by atoms with van der Waals surface area (Å²) in [5, 5.41) is 3.72. The van der Waals surface area contributed by atoms with Crippen LogP contribution in [0.15, 0.2) is 42.0 Å². The molecular formula is C22H28ClNO3. The molecule has 3 unspecified atom stereocenters. The largest absolute Gasteiger partial charge is 0.495 e. The summed E-state index contributed by atoms with van der Waals surface area (Å²) in [7, 11) is 1.63. The Morgan fingerprint density at radius 2 is 2.15 bits per heavy atom. The van der Waals surface area contributed by atoms with Gasteiger partial charge in [-0.05, 0) is 49.3 Å². The molecule has 0 heterocycles. The lowest BCUT2D eigenvalue weighted by molar-refractivity contribution is 0.143. The van der Waals surface area contributed by atoms with Crippen molar-refractivity contribution in [1.82, 2.24) is 5.32 Å². The van der Waals surface area contributed by atoms with Gasteiger partial charge in [-0.15, -0.1) is 0 Å². The number of methoxy groups -OCH3 is 1. The number of rotatable bonds is 4. The minimum absolute atomic E-state index is 0.0346. The van der Waals surface area contributed by atoms with E-state index in [0.29, 0.717) is 29.2 Å². The molecule has 0 saturated heterocycles. The highest BCUT2D eigenvalue weighted by atomic mass is 35.5. The van der Waals surface area contributed by atoms with E-state index in [9.17, 15) is 4.79 Å². The number of hydrogen-bond acceptors (Lipinski definition) is 3. The highest BCUT2D eigenvalue weighted by Crippen LogP contribution is 2.70. The normalized spacial score (nSPS) is 29.5. The predicted octanol–water partition coefficient (Wildman–Crippen LogP) is 5.26. The van der Waals surface area contributed by atoms with Crippen LogP contribution in [0.3, 0.4) is 0 Å². The molecule has 1 aromatic carbocycles. The molecule has 2 fully saturated rings. The summed E-state index contributed by atoms with van der Waals surface area (Å²) >= 11 is 6.23. The zero-order valence-corrected chi connectivity index (χ0v) is 17.2. The van der Waals surface area contributed by atoms with Crippen molar-refractivity contribution in [1.29, 1.82) is 0 Å². The molecular weight excluding hydrogens is 362 g/mol. The molecule has 0 spiro atoms. The van der Waals surface area contributed by atoms with Crippen LogP contribution in [0.4, 0.5) is 4.79 Å². The maximum absolute atomic E-state index is 12.1. The zero-order valence-electron chi connectivity index (χ0n) is 16.4. The first-order chi connectivity index (χ1) is 13.1. The van der Waals surface area contributed by atoms with E-state index >= 15 is 0 Å². The first-order valence-electron chi connectivity index (χ1n) is 9.77. The van der Waals surface area contributed by atoms with Crippen LogP contribution >= 0.6 is 11.6 Å². The van der Waals surface area contributed by atoms with Gasteiger partial charge in [0.2, 0.25) is 0 Å². The number of carbonyl (C=O) groups excluding carboxylic acids is 1. The summed E-state index contributed by atoms with van der Waals surface area (Å²) in [4.78, 5) is 12.1. The molecule has 4 rings (SSSR count). The van der Waals surface area contributed by atoms with Crippen molar-refractivity contribution in [3.8, 4) is 5.75 Å². The lowest BCUT2D eigenvalue weighted by Crippen LogP contribution is -2.47. The van der Waals surface area contributed by atoms with Crippen molar-refractivity contribution in [2.45, 2.75) is 45.1 Å². The molecule has 0 radical (unpaired) electrons. The molecule has 0 aliphatic heterocycles. The maximum atomic E-state index is 12.1. The summed E-state index contributed by atoms with van der Waals surface area (Å²) in [6.45, 7) is 6.19. The van der Waals surface area contributed by atoms with E-state index in [4.69, 9.17) is 21.1 Å². The number of benzene rings is 1. The molecule has 4 atom stereocenters. The number of hydrogen-bond donors (Lipinski definition) is 1. The van der Waals surface area contributed by atoms with Crippen molar-refractivity contribution in [3.05, 3.63) is 52.6 Å². The lowest BCUT2D eigenvalue weighted by Gasteiger charge is -2.34. The molecule has 146 valence electrons. The van der Waals surface area contributed by atoms with Crippen LogP contribution in [0, 0.1) is 11.8 Å². The molecule has 1 aromatic rings. The first-order valence-corrected chi connectivity index (χ1v) is 10.1. The van der Waals surface area contributed by atoms with Crippen LogP contribution in [-0.2, 0) is 10.2 Å². The molecule has 1 N–H and O–H groups in total. The van der Waals surface area contributed by atoms with Gasteiger partial charge in [0.1, 0.15) is 5.75 Å². The SMILES string of the molecule is CC.CCOC(=O)NC1CCC2=CC=CC3C2[C@]13c1ccc(Cl)c(OC)c1. The van der Waals surface area contributed by atoms with Crippen LogP contribution in [-0.4, -0.2) is 25.9 Å². The second kappa shape index (κ2) is 7.97. The van der Waals surface area contributed by atoms with Crippen LogP contribution in [0.2, 0.25) is 5.02 Å². The van der Waals surface area contributed by atoms with Crippen LogP contribution in [0.5, 0.6) is 5.75 Å². The third-order valence-electron chi connectivity index (χ3n) is 5.86. The summed E-state index contributed by atoms with van der Waals surface area (Å²) in [6, 6.07) is 6.02. The third kappa shape index (κ3) is 3.14. The second-order valence-electron chi connectivity index (χ2n) is 6.87. The number of fused-ring (bicyclic) bond motifs is 1. The fourth-order valence-electron chi connectivity index (χ4n) is 4.89. The van der Waals surface area contributed by atoms with Gasteiger partial charge in [0.05, 0.1) is 18.7 Å². The summed E-state index contributed by atoms with van der Waals surface area (Å²) in [5.74, 6) is 1.50. The molecule has 0 aromatic heterocycles. The zero-order chi connectivity index (χ0) is 19.6. The van der Waals surface area contributed by atoms with E-state index in [1.807, 2.05) is 32.9 Å². The van der Waals surface area contributed by atoms with Crippen molar-refractivity contribution in [2.24, 2.45) is 11.8 Å². The number of ether oxygens (including phenoxy) is 2. The molecule has 0 bridgehead atoms. The quantitative estimate of drug-likeness (QED) is 0.763. The third-order valence-corrected chi connectivity index (χ3v) is 6.17. The highest BCUT2D eigenvalue weighted by molar-refractivity contribution is 6.32. The minimum atomic E-state index is -0.340. The standard InChI is InChI=1S/C20H22ClNO3.C2H6/c1-3-25-19(23)22-17-10-7-12-5-4-6-14-18(12)20(14,17)13-8-9-15(21)16(11-13)24-2;1-2/h4-6,8-9,11,14,17-18H,3,7,10H2,1-2H3,(H,22,23);1-2H3/t14?,17?,18?,20-;/m0./s1. The number of allylic oxidation sites excluding steroid dienone is 4. The predicted molar refractivity (Wildman–Crippen MR) is 108 cm³/mol. The average molecular weight is 390 g/mol. The molecule has 1 amide bonds. The van der Waals surface area contributed by atoms with Crippen molar-refractivity contribution >= 4 is 17.7 Å². The number of nitrogens with one attached hydrogen (secondary N) is 1. The summed E-state index contributed by atoms with van der Waals surface area (Å²) in [5.41, 5.74) is 2.51. The Kier molecular flexibility index (Phi) is 5.85. The highest BCUT2D eigenvalue weighted by Gasteiger charge is 2.71. The Morgan fingerprint density at radius 3 is 2.85 bits per heavy atom. The van der Waals surface area contributed by atoms with Crippen molar-refractivity contribution in [3.63, 3.8) is 0 Å². The Balaban J connectivity index is 0.00000102. The summed E-state index contributed by atoms with van der Waals surface area (Å²) in [6.07, 6.45) is 8.22. The van der Waals surface area contributed by atoms with E-state index < -0.39 is 0 Å². The molecule has 27 heavy (non-hydrogen) atoms. The van der Waals surface area contributed by atoms with E-state index in [1.54, 1.807) is 7.11 Å². The van der Waals surface area contributed by atoms with Crippen LogP contribution in [0.25, 0.3) is 0 Å². The second-order valence-corrected chi connectivity index (χ2v) is 7.28. The van der Waals surface area contributed by atoms with Gasteiger partial charge < -0.3 is 14.8 Å². The number of carbonyl (C=O) groups is 1. The van der Waals surface area contributed by atoms with Gasteiger partial charge in [0, 0.05) is 11.5 Å². The minimum Gasteiger partial charge on any atom is -0.495 e. The van der Waals surface area contributed by atoms with Gasteiger partial charge in [-0.1, -0.05) is 55.3 Å². The van der Waals surface area contributed by atoms with Crippen LogP contribution in [0.1, 0.15) is 39.2 Å². The van der Waals surface area contributed by atoms with Crippen molar-refractivity contribution in [2.75, 3.05) is 13.7 Å². The maximum Gasteiger partial charge on any atom is 0.407 e. The lowest BCUT2D eigenvalue weighted by atomic mass is 9.76. The Labute approximate surface area is 166 Å². The Hall–Kier alpha value is -1.94. The van der Waals surface area contributed by atoms with Gasteiger partial charge in [-0.2, -0.15) is 0 Å². The molecule has 3 aliphatic rings. The molecule has 3 aliphatic carbocycles. The van der Waals surface area contributed by atoms with Crippen molar-refractivity contribution < 1.29 is 14.3 Å². The number of halogens is 1. The fourth-order valence-corrected chi connectivity index (χ4v) is 5.09. The van der Waals surface area contributed by atoms with E-state index in [0.717, 1.165) is 12.8 Å². The van der Waals surface area contributed by atoms with E-state index in [2.05, 4.69) is 29.6 Å².